The first-order valence-corrected chi connectivity index (χ1v) is 15.8. The van der Waals surface area contributed by atoms with Gasteiger partial charge in [-0.15, -0.1) is 0 Å². The summed E-state index contributed by atoms with van der Waals surface area (Å²) in [4.78, 5) is 29.0. The molecule has 3 aromatic rings. The van der Waals surface area contributed by atoms with Gasteiger partial charge in [0.1, 0.15) is 12.6 Å². The molecule has 3 rings (SSSR count). The highest BCUT2D eigenvalue weighted by molar-refractivity contribution is 7.92. The van der Waals surface area contributed by atoms with Crippen molar-refractivity contribution in [3.63, 3.8) is 0 Å². The summed E-state index contributed by atoms with van der Waals surface area (Å²) in [6, 6.07) is 17.5. The molecule has 0 aliphatic heterocycles. The van der Waals surface area contributed by atoms with Crippen LogP contribution in [0.3, 0.4) is 0 Å². The number of halogens is 2. The normalized spacial score (nSPS) is 12.9. The Bertz CT molecular complexity index is 1480. The zero-order valence-electron chi connectivity index (χ0n) is 24.0. The first-order chi connectivity index (χ1) is 19.4. The zero-order valence-corrected chi connectivity index (χ0v) is 26.4. The van der Waals surface area contributed by atoms with E-state index in [9.17, 15) is 18.0 Å². The predicted octanol–water partition coefficient (Wildman–Crippen LogP) is 6.53. The number of amides is 2. The number of nitrogens with one attached hydrogen (secondary N) is 1. The fourth-order valence-electron chi connectivity index (χ4n) is 4.34. The van der Waals surface area contributed by atoms with Crippen molar-refractivity contribution >= 4 is 50.7 Å². The van der Waals surface area contributed by atoms with Crippen molar-refractivity contribution in [2.24, 2.45) is 0 Å². The molecule has 0 saturated carbocycles. The molecule has 220 valence electrons. The van der Waals surface area contributed by atoms with Crippen LogP contribution in [0.1, 0.15) is 50.3 Å². The Morgan fingerprint density at radius 1 is 0.902 bits per heavy atom. The summed E-state index contributed by atoms with van der Waals surface area (Å²) >= 11 is 12.4. The Balaban J connectivity index is 2.10. The van der Waals surface area contributed by atoms with Gasteiger partial charge in [0.25, 0.3) is 10.0 Å². The molecule has 0 aliphatic carbocycles. The van der Waals surface area contributed by atoms with Crippen LogP contribution in [-0.4, -0.2) is 43.8 Å². The van der Waals surface area contributed by atoms with Gasteiger partial charge in [-0.1, -0.05) is 79.0 Å². The molecule has 0 spiro atoms. The molecule has 41 heavy (non-hydrogen) atoms. The predicted molar refractivity (Wildman–Crippen MR) is 166 cm³/mol. The molecule has 0 saturated heterocycles. The molecule has 0 fully saturated rings. The van der Waals surface area contributed by atoms with E-state index in [0.29, 0.717) is 6.42 Å². The minimum Gasteiger partial charge on any atom is -0.352 e. The van der Waals surface area contributed by atoms with Crippen LogP contribution < -0.4 is 9.62 Å². The third-order valence-electron chi connectivity index (χ3n) is 7.07. The smallest absolute Gasteiger partial charge is 0.264 e. The van der Waals surface area contributed by atoms with Gasteiger partial charge >= 0.3 is 0 Å². The van der Waals surface area contributed by atoms with Crippen LogP contribution in [0, 0.1) is 13.8 Å². The maximum absolute atomic E-state index is 14.2. The number of carbonyl (C=O) groups is 2. The van der Waals surface area contributed by atoms with Crippen LogP contribution in [0.4, 0.5) is 5.69 Å². The van der Waals surface area contributed by atoms with Gasteiger partial charge in [0.15, 0.2) is 0 Å². The lowest BCUT2D eigenvalue weighted by atomic mass is 10.1. The number of anilines is 1. The molecule has 0 radical (unpaired) electrons. The molecule has 3 aromatic carbocycles. The Hall–Kier alpha value is -3.07. The van der Waals surface area contributed by atoms with E-state index in [1.807, 2.05) is 58.9 Å². The highest BCUT2D eigenvalue weighted by Gasteiger charge is 2.34. The SMILES string of the molecule is CC[C@@H](C)NC(=O)[C@H](CC)N(Cc1ccccc1C)C(=O)CN(c1ccc(Cl)c(Cl)c1)S(=O)(=O)c1ccc(C)cc1. The number of hydrogen-bond donors (Lipinski definition) is 1. The van der Waals surface area contributed by atoms with E-state index in [0.717, 1.165) is 27.4 Å². The van der Waals surface area contributed by atoms with Gasteiger partial charge in [0, 0.05) is 12.6 Å². The van der Waals surface area contributed by atoms with Gasteiger partial charge in [0.2, 0.25) is 11.8 Å². The van der Waals surface area contributed by atoms with E-state index >= 15 is 0 Å². The topological polar surface area (TPSA) is 86.8 Å². The van der Waals surface area contributed by atoms with Gasteiger partial charge in [-0.25, -0.2) is 8.42 Å². The Kier molecular flexibility index (Phi) is 11.2. The second kappa shape index (κ2) is 14.2. The van der Waals surface area contributed by atoms with Crippen molar-refractivity contribution < 1.29 is 18.0 Å². The van der Waals surface area contributed by atoms with Crippen molar-refractivity contribution in [2.75, 3.05) is 10.8 Å². The molecular weight excluding hydrogens is 581 g/mol. The van der Waals surface area contributed by atoms with E-state index in [2.05, 4.69) is 5.32 Å². The van der Waals surface area contributed by atoms with E-state index in [1.54, 1.807) is 12.1 Å². The first kappa shape index (κ1) is 32.4. The van der Waals surface area contributed by atoms with Gasteiger partial charge in [-0.2, -0.15) is 0 Å². The molecule has 10 heteroatoms. The van der Waals surface area contributed by atoms with Crippen molar-refractivity contribution in [3.8, 4) is 0 Å². The van der Waals surface area contributed by atoms with Crippen molar-refractivity contribution in [3.05, 3.63) is 93.5 Å². The lowest BCUT2D eigenvalue weighted by Gasteiger charge is -2.34. The van der Waals surface area contributed by atoms with Crippen LogP contribution in [0.25, 0.3) is 0 Å². The van der Waals surface area contributed by atoms with E-state index in [4.69, 9.17) is 23.2 Å². The maximum atomic E-state index is 14.2. The third kappa shape index (κ3) is 8.03. The molecular formula is C31H37Cl2N3O4S. The number of rotatable bonds is 12. The maximum Gasteiger partial charge on any atom is 0.264 e. The molecule has 7 nitrogen and oxygen atoms in total. The van der Waals surface area contributed by atoms with Gasteiger partial charge in [-0.3, -0.25) is 13.9 Å². The zero-order chi connectivity index (χ0) is 30.3. The number of sulfonamides is 1. The van der Waals surface area contributed by atoms with E-state index in [-0.39, 0.29) is 39.1 Å². The van der Waals surface area contributed by atoms with Crippen LogP contribution in [0.15, 0.2) is 71.6 Å². The molecule has 2 atom stereocenters. The number of carbonyl (C=O) groups excluding carboxylic acids is 2. The van der Waals surface area contributed by atoms with Crippen molar-refractivity contribution in [1.82, 2.24) is 10.2 Å². The molecule has 0 heterocycles. The molecule has 0 aliphatic rings. The fraction of sp³-hybridized carbons (Fsp3) is 0.355. The molecule has 2 amide bonds. The highest BCUT2D eigenvalue weighted by Crippen LogP contribution is 2.31. The Morgan fingerprint density at radius 3 is 2.15 bits per heavy atom. The van der Waals surface area contributed by atoms with Gasteiger partial charge < -0.3 is 10.2 Å². The quantitative estimate of drug-likeness (QED) is 0.250. The van der Waals surface area contributed by atoms with E-state index < -0.39 is 28.5 Å². The van der Waals surface area contributed by atoms with Gasteiger partial charge in [-0.05, 0) is 75.1 Å². The number of hydrogen-bond acceptors (Lipinski definition) is 4. The summed E-state index contributed by atoms with van der Waals surface area (Å²) in [5.41, 5.74) is 2.89. The monoisotopic (exact) mass is 617 g/mol. The fourth-order valence-corrected chi connectivity index (χ4v) is 6.04. The number of benzene rings is 3. The molecule has 0 bridgehead atoms. The van der Waals surface area contributed by atoms with Crippen LogP contribution >= 0.6 is 23.2 Å². The summed E-state index contributed by atoms with van der Waals surface area (Å²) in [5.74, 6) is -0.813. The highest BCUT2D eigenvalue weighted by atomic mass is 35.5. The molecule has 1 N–H and O–H groups in total. The second-order valence-corrected chi connectivity index (χ2v) is 12.8. The van der Waals surface area contributed by atoms with Gasteiger partial charge in [0.05, 0.1) is 20.6 Å². The van der Waals surface area contributed by atoms with Crippen LogP contribution in [0.5, 0.6) is 0 Å². The lowest BCUT2D eigenvalue weighted by Crippen LogP contribution is -2.53. The van der Waals surface area contributed by atoms with Crippen LogP contribution in [-0.2, 0) is 26.2 Å². The second-order valence-electron chi connectivity index (χ2n) is 10.1. The first-order valence-electron chi connectivity index (χ1n) is 13.6. The standard InChI is InChI=1S/C31H37Cl2N3O4S/c1-6-23(5)34-31(38)29(7-2)35(19-24-11-9-8-10-22(24)4)30(37)20-36(25-14-17-27(32)28(33)18-25)41(39,40)26-15-12-21(3)13-16-26/h8-18,23,29H,6-7,19-20H2,1-5H3,(H,34,38)/t23-,29+/m1/s1. The number of aryl methyl sites for hydroxylation is 2. The summed E-state index contributed by atoms with van der Waals surface area (Å²) in [5, 5.41) is 3.38. The molecule has 0 aromatic heterocycles. The van der Waals surface area contributed by atoms with Crippen molar-refractivity contribution in [1.29, 1.82) is 0 Å². The average Bonchev–Trinajstić information content (AvgIpc) is 2.94. The minimum atomic E-state index is -4.20. The van der Waals surface area contributed by atoms with Crippen molar-refractivity contribution in [2.45, 2.75) is 71.0 Å². The Labute approximate surface area is 253 Å². The summed E-state index contributed by atoms with van der Waals surface area (Å²) < 4.78 is 29.0. The Morgan fingerprint density at radius 2 is 1.56 bits per heavy atom. The number of nitrogens with zero attached hydrogens (tertiary/aromatic N) is 2. The van der Waals surface area contributed by atoms with E-state index in [1.165, 1.54) is 35.2 Å². The summed E-state index contributed by atoms with van der Waals surface area (Å²) in [6.07, 6.45) is 1.07. The largest absolute Gasteiger partial charge is 0.352 e. The average molecular weight is 619 g/mol. The minimum absolute atomic E-state index is 0.0222. The molecule has 0 unspecified atom stereocenters. The third-order valence-corrected chi connectivity index (χ3v) is 9.60. The summed E-state index contributed by atoms with van der Waals surface area (Å²) in [6.45, 7) is 9.08. The van der Waals surface area contributed by atoms with Crippen LogP contribution in [0.2, 0.25) is 10.0 Å². The summed E-state index contributed by atoms with van der Waals surface area (Å²) in [7, 11) is -4.20. The lowest BCUT2D eigenvalue weighted by molar-refractivity contribution is -0.140.